The van der Waals surface area contributed by atoms with Crippen LogP contribution in [-0.4, -0.2) is 12.1 Å². The molecule has 1 N–H and O–H groups in total. The van der Waals surface area contributed by atoms with E-state index >= 15 is 0 Å². The molecule has 1 saturated carbocycles. The number of nitriles is 1. The summed E-state index contributed by atoms with van der Waals surface area (Å²) in [5.41, 5.74) is 0.0278. The van der Waals surface area contributed by atoms with Crippen LogP contribution in [0.4, 0.5) is 0 Å². The molecule has 2 heteroatoms. The lowest BCUT2D eigenvalue weighted by atomic mass is 9.70. The van der Waals surface area contributed by atoms with Gasteiger partial charge in [0, 0.05) is 0 Å². The Bertz CT molecular complexity index is 268. The molecule has 0 saturated heterocycles. The quantitative estimate of drug-likeness (QED) is 0.677. The molecular weight excluding hydrogens is 172 g/mol. The maximum absolute atomic E-state index is 9.16. The summed E-state index contributed by atoms with van der Waals surface area (Å²) in [6, 6.07) is 2.38. The van der Waals surface area contributed by atoms with Crippen molar-refractivity contribution in [1.82, 2.24) is 5.32 Å². The third kappa shape index (κ3) is 2.50. The molecule has 0 unspecified atom stereocenters. The van der Waals surface area contributed by atoms with Crippen molar-refractivity contribution in [2.24, 2.45) is 5.41 Å². The van der Waals surface area contributed by atoms with Crippen LogP contribution < -0.4 is 5.32 Å². The van der Waals surface area contributed by atoms with Gasteiger partial charge in [-0.3, -0.25) is 5.32 Å². The van der Waals surface area contributed by atoms with Gasteiger partial charge in [-0.05, 0) is 31.1 Å². The van der Waals surface area contributed by atoms with Crippen molar-refractivity contribution in [3.05, 3.63) is 0 Å². The average Bonchev–Trinajstić information content (AvgIpc) is 2.18. The van der Waals surface area contributed by atoms with Gasteiger partial charge in [0.05, 0.1) is 12.6 Å². The number of nitrogens with one attached hydrogen (secondary N) is 1. The minimum absolute atomic E-state index is 0.359. The molecule has 0 spiro atoms. The molecule has 14 heavy (non-hydrogen) atoms. The summed E-state index contributed by atoms with van der Waals surface area (Å²) in [6.07, 6.45) is 9.21. The summed E-state index contributed by atoms with van der Waals surface area (Å²) >= 11 is 0. The fourth-order valence-corrected chi connectivity index (χ4v) is 1.90. The van der Waals surface area contributed by atoms with Gasteiger partial charge >= 0.3 is 0 Å². The molecule has 0 radical (unpaired) electrons. The highest BCUT2D eigenvalue weighted by molar-refractivity contribution is 5.11. The molecule has 2 nitrogen and oxygen atoms in total. The fraction of sp³-hybridized carbons (Fsp3) is 0.750. The normalized spacial score (nSPS) is 23.4. The summed E-state index contributed by atoms with van der Waals surface area (Å²) in [5, 5.41) is 12.3. The van der Waals surface area contributed by atoms with Crippen LogP contribution >= 0.6 is 0 Å². The lowest BCUT2D eigenvalue weighted by Crippen LogP contribution is -2.48. The van der Waals surface area contributed by atoms with Crippen LogP contribution in [0.15, 0.2) is 0 Å². The maximum atomic E-state index is 9.16. The molecule has 0 aromatic rings. The highest BCUT2D eigenvalue weighted by atomic mass is 15.0. The molecule has 76 valence electrons. The van der Waals surface area contributed by atoms with Gasteiger partial charge < -0.3 is 0 Å². The summed E-state index contributed by atoms with van der Waals surface area (Å²) in [5.74, 6) is 2.53. The average molecular weight is 190 g/mol. The summed E-state index contributed by atoms with van der Waals surface area (Å²) < 4.78 is 0. The van der Waals surface area contributed by atoms with E-state index in [0.717, 1.165) is 25.7 Å². The second-order valence-electron chi connectivity index (χ2n) is 4.92. The van der Waals surface area contributed by atoms with Crippen LogP contribution in [-0.2, 0) is 0 Å². The van der Waals surface area contributed by atoms with E-state index in [0.29, 0.717) is 12.0 Å². The molecular formula is C12H18N2. The largest absolute Gasteiger partial charge is 0.288 e. The van der Waals surface area contributed by atoms with Crippen molar-refractivity contribution in [1.29, 1.82) is 5.26 Å². The van der Waals surface area contributed by atoms with Gasteiger partial charge in [0.1, 0.15) is 5.54 Å². The highest BCUT2D eigenvalue weighted by Crippen LogP contribution is 2.39. The number of hydrogen-bond acceptors (Lipinski definition) is 2. The zero-order valence-corrected chi connectivity index (χ0v) is 9.06. The lowest BCUT2D eigenvalue weighted by molar-refractivity contribution is 0.174. The fourth-order valence-electron chi connectivity index (χ4n) is 1.90. The SMILES string of the molecule is C#CCNC1(C#N)CCC(C)(C)CC1. The third-order valence-corrected chi connectivity index (χ3v) is 3.20. The van der Waals surface area contributed by atoms with Crippen LogP contribution in [0.1, 0.15) is 39.5 Å². The summed E-state index contributed by atoms with van der Waals surface area (Å²) in [6.45, 7) is 5.01. The van der Waals surface area contributed by atoms with Crippen molar-refractivity contribution < 1.29 is 0 Å². The first-order valence-electron chi connectivity index (χ1n) is 5.13. The smallest absolute Gasteiger partial charge is 0.107 e. The summed E-state index contributed by atoms with van der Waals surface area (Å²) in [7, 11) is 0. The second kappa shape index (κ2) is 4.03. The van der Waals surface area contributed by atoms with Crippen LogP contribution in [0, 0.1) is 29.1 Å². The molecule has 1 rings (SSSR count). The van der Waals surface area contributed by atoms with Gasteiger partial charge in [0.25, 0.3) is 0 Å². The molecule has 0 bridgehead atoms. The maximum Gasteiger partial charge on any atom is 0.107 e. The lowest BCUT2D eigenvalue weighted by Gasteiger charge is -2.39. The third-order valence-electron chi connectivity index (χ3n) is 3.20. The molecule has 1 aliphatic carbocycles. The first-order chi connectivity index (χ1) is 6.54. The molecule has 0 aliphatic heterocycles. The van der Waals surface area contributed by atoms with Crippen molar-refractivity contribution >= 4 is 0 Å². The Morgan fingerprint density at radius 1 is 1.29 bits per heavy atom. The first kappa shape index (κ1) is 11.1. The Labute approximate surface area is 86.7 Å². The molecule has 0 aromatic carbocycles. The zero-order valence-electron chi connectivity index (χ0n) is 9.06. The van der Waals surface area contributed by atoms with Gasteiger partial charge in [-0.1, -0.05) is 19.8 Å². The van der Waals surface area contributed by atoms with E-state index in [2.05, 4.69) is 31.2 Å². The predicted octanol–water partition coefficient (Wildman–Crippen LogP) is 2.07. The Kier molecular flexibility index (Phi) is 3.19. The van der Waals surface area contributed by atoms with E-state index in [4.69, 9.17) is 11.7 Å². The van der Waals surface area contributed by atoms with Gasteiger partial charge in [-0.25, -0.2) is 0 Å². The van der Waals surface area contributed by atoms with E-state index in [1.165, 1.54) is 0 Å². The monoisotopic (exact) mass is 190 g/mol. The molecule has 0 atom stereocenters. The van der Waals surface area contributed by atoms with E-state index in [1.807, 2.05) is 0 Å². The molecule has 1 fully saturated rings. The van der Waals surface area contributed by atoms with E-state index in [-0.39, 0.29) is 5.54 Å². The predicted molar refractivity (Wildman–Crippen MR) is 57.4 cm³/mol. The minimum Gasteiger partial charge on any atom is -0.288 e. The Morgan fingerprint density at radius 3 is 2.29 bits per heavy atom. The van der Waals surface area contributed by atoms with Gasteiger partial charge in [-0.15, -0.1) is 6.42 Å². The Balaban J connectivity index is 2.59. The van der Waals surface area contributed by atoms with E-state index in [1.54, 1.807) is 0 Å². The van der Waals surface area contributed by atoms with Crippen LogP contribution in [0.2, 0.25) is 0 Å². The molecule has 0 amide bonds. The molecule has 0 aromatic heterocycles. The highest BCUT2D eigenvalue weighted by Gasteiger charge is 2.37. The van der Waals surface area contributed by atoms with Gasteiger partial charge in [0.2, 0.25) is 0 Å². The first-order valence-corrected chi connectivity index (χ1v) is 5.13. The van der Waals surface area contributed by atoms with Crippen molar-refractivity contribution in [2.45, 2.75) is 45.1 Å². The zero-order chi connectivity index (χ0) is 10.7. The number of rotatable bonds is 2. The van der Waals surface area contributed by atoms with Crippen LogP contribution in [0.25, 0.3) is 0 Å². The van der Waals surface area contributed by atoms with Gasteiger partial charge in [0.15, 0.2) is 0 Å². The topological polar surface area (TPSA) is 35.8 Å². The van der Waals surface area contributed by atoms with Crippen LogP contribution in [0.5, 0.6) is 0 Å². The Hall–Kier alpha value is -0.990. The molecule has 0 heterocycles. The van der Waals surface area contributed by atoms with Crippen molar-refractivity contribution in [2.75, 3.05) is 6.54 Å². The standard InChI is InChI=1S/C12H18N2/c1-4-9-14-12(10-13)7-5-11(2,3)6-8-12/h1,14H,5-9H2,2-3H3. The second-order valence-corrected chi connectivity index (χ2v) is 4.92. The van der Waals surface area contributed by atoms with Crippen molar-refractivity contribution in [3.8, 4) is 18.4 Å². The molecule has 1 aliphatic rings. The van der Waals surface area contributed by atoms with Crippen LogP contribution in [0.3, 0.4) is 0 Å². The number of nitrogens with zero attached hydrogens (tertiary/aromatic N) is 1. The van der Waals surface area contributed by atoms with Gasteiger partial charge in [-0.2, -0.15) is 5.26 Å². The number of hydrogen-bond donors (Lipinski definition) is 1. The summed E-state index contributed by atoms with van der Waals surface area (Å²) in [4.78, 5) is 0. The van der Waals surface area contributed by atoms with E-state index in [9.17, 15) is 0 Å². The Morgan fingerprint density at radius 2 is 1.86 bits per heavy atom. The van der Waals surface area contributed by atoms with E-state index < -0.39 is 0 Å². The number of terminal acetylenes is 1. The van der Waals surface area contributed by atoms with Crippen molar-refractivity contribution in [3.63, 3.8) is 0 Å². The minimum atomic E-state index is -0.359.